The third kappa shape index (κ3) is 3.92. The molecule has 0 saturated carbocycles. The summed E-state index contributed by atoms with van der Waals surface area (Å²) < 4.78 is 14.6. The van der Waals surface area contributed by atoms with Gasteiger partial charge in [-0.15, -0.1) is 12.4 Å². The third-order valence-corrected chi connectivity index (χ3v) is 4.10. The number of rotatable bonds is 3. The molecule has 0 amide bonds. The monoisotopic (exact) mass is 336 g/mol. The summed E-state index contributed by atoms with van der Waals surface area (Å²) in [7, 11) is 1.99. The van der Waals surface area contributed by atoms with Crippen molar-refractivity contribution in [3.63, 3.8) is 0 Å². The fourth-order valence-electron chi connectivity index (χ4n) is 2.34. The summed E-state index contributed by atoms with van der Waals surface area (Å²) in [4.78, 5) is 2.31. The van der Waals surface area contributed by atoms with E-state index in [0.29, 0.717) is 12.6 Å². The Morgan fingerprint density at radius 2 is 2.28 bits per heavy atom. The molecule has 1 fully saturated rings. The largest absolute Gasteiger partial charge is 0.316 e. The normalized spacial score (nSPS) is 20.5. The summed E-state index contributed by atoms with van der Waals surface area (Å²) in [5, 5.41) is 3.30. The van der Waals surface area contributed by atoms with E-state index in [2.05, 4.69) is 26.1 Å². The Hall–Kier alpha value is -0.160. The molecule has 2 rings (SSSR count). The van der Waals surface area contributed by atoms with Crippen LogP contribution in [0.15, 0.2) is 22.7 Å². The first-order valence-electron chi connectivity index (χ1n) is 6.03. The Morgan fingerprint density at radius 3 is 2.94 bits per heavy atom. The van der Waals surface area contributed by atoms with E-state index in [9.17, 15) is 4.39 Å². The van der Waals surface area contributed by atoms with Gasteiger partial charge in [-0.2, -0.15) is 0 Å². The molecule has 0 spiro atoms. The van der Waals surface area contributed by atoms with Gasteiger partial charge in [0.2, 0.25) is 0 Å². The van der Waals surface area contributed by atoms with E-state index < -0.39 is 0 Å². The highest BCUT2D eigenvalue weighted by Gasteiger charge is 2.20. The third-order valence-electron chi connectivity index (χ3n) is 3.36. The number of piperidine rings is 1. The Bertz CT molecular complexity index is 369. The van der Waals surface area contributed by atoms with Crippen molar-refractivity contribution < 1.29 is 4.39 Å². The highest BCUT2D eigenvalue weighted by Crippen LogP contribution is 2.22. The molecular formula is C13H19BrClFN2. The predicted molar refractivity (Wildman–Crippen MR) is 78.7 cm³/mol. The van der Waals surface area contributed by atoms with Gasteiger partial charge in [-0.25, -0.2) is 4.39 Å². The zero-order chi connectivity index (χ0) is 12.3. The number of likely N-dealkylation sites (tertiary alicyclic amines) is 1. The molecule has 5 heteroatoms. The Morgan fingerprint density at radius 1 is 1.50 bits per heavy atom. The van der Waals surface area contributed by atoms with Crippen molar-refractivity contribution >= 4 is 28.3 Å². The lowest BCUT2D eigenvalue weighted by Gasteiger charge is -2.32. The molecule has 0 aliphatic carbocycles. The van der Waals surface area contributed by atoms with Crippen LogP contribution in [0, 0.1) is 5.82 Å². The zero-order valence-electron chi connectivity index (χ0n) is 10.5. The van der Waals surface area contributed by atoms with Crippen LogP contribution in [-0.4, -0.2) is 31.1 Å². The molecule has 1 saturated heterocycles. The molecule has 1 heterocycles. The molecule has 1 aromatic rings. The maximum Gasteiger partial charge on any atom is 0.128 e. The molecule has 1 aliphatic rings. The summed E-state index contributed by atoms with van der Waals surface area (Å²) in [5.74, 6) is -0.119. The van der Waals surface area contributed by atoms with Crippen LogP contribution in [-0.2, 0) is 6.54 Å². The number of hydrogen-bond acceptors (Lipinski definition) is 2. The van der Waals surface area contributed by atoms with E-state index in [1.165, 1.54) is 18.9 Å². The van der Waals surface area contributed by atoms with Gasteiger partial charge >= 0.3 is 0 Å². The van der Waals surface area contributed by atoms with Crippen LogP contribution >= 0.6 is 28.3 Å². The van der Waals surface area contributed by atoms with Crippen molar-refractivity contribution in [1.82, 2.24) is 10.2 Å². The zero-order valence-corrected chi connectivity index (χ0v) is 12.9. The number of benzene rings is 1. The second-order valence-electron chi connectivity index (χ2n) is 4.56. The van der Waals surface area contributed by atoms with Crippen LogP contribution < -0.4 is 5.32 Å². The van der Waals surface area contributed by atoms with Gasteiger partial charge in [-0.3, -0.25) is 4.90 Å². The van der Waals surface area contributed by atoms with Crippen LogP contribution in [0.1, 0.15) is 18.4 Å². The number of nitrogens with zero attached hydrogens (tertiary/aromatic N) is 1. The van der Waals surface area contributed by atoms with Crippen LogP contribution in [0.3, 0.4) is 0 Å². The summed E-state index contributed by atoms with van der Waals surface area (Å²) >= 11 is 3.42. The molecule has 0 radical (unpaired) electrons. The van der Waals surface area contributed by atoms with Crippen LogP contribution in [0.5, 0.6) is 0 Å². The summed E-state index contributed by atoms with van der Waals surface area (Å²) in [6, 6.07) is 5.70. The van der Waals surface area contributed by atoms with Crippen molar-refractivity contribution in [3.05, 3.63) is 34.1 Å². The van der Waals surface area contributed by atoms with Gasteiger partial charge in [-0.05, 0) is 38.6 Å². The van der Waals surface area contributed by atoms with Crippen LogP contribution in [0.2, 0.25) is 0 Å². The average molecular weight is 338 g/mol. The molecule has 1 N–H and O–H groups in total. The van der Waals surface area contributed by atoms with Crippen molar-refractivity contribution in [1.29, 1.82) is 0 Å². The minimum absolute atomic E-state index is 0. The quantitative estimate of drug-likeness (QED) is 0.911. The van der Waals surface area contributed by atoms with E-state index >= 15 is 0 Å². The molecular weight excluding hydrogens is 319 g/mol. The fourth-order valence-corrected chi connectivity index (χ4v) is 2.81. The molecule has 2 nitrogen and oxygen atoms in total. The van der Waals surface area contributed by atoms with Gasteiger partial charge in [0, 0.05) is 29.2 Å². The molecule has 1 unspecified atom stereocenters. The van der Waals surface area contributed by atoms with Gasteiger partial charge in [0.1, 0.15) is 5.82 Å². The Labute approximate surface area is 122 Å². The van der Waals surface area contributed by atoms with Gasteiger partial charge in [0.15, 0.2) is 0 Å². The molecule has 0 aromatic heterocycles. The molecule has 1 aliphatic heterocycles. The number of halogens is 3. The van der Waals surface area contributed by atoms with Crippen molar-refractivity contribution in [2.24, 2.45) is 0 Å². The summed E-state index contributed by atoms with van der Waals surface area (Å²) in [6.07, 6.45) is 2.39. The molecule has 18 heavy (non-hydrogen) atoms. The molecule has 1 aromatic carbocycles. The average Bonchev–Trinajstić information content (AvgIpc) is 2.34. The van der Waals surface area contributed by atoms with Gasteiger partial charge < -0.3 is 5.32 Å². The fraction of sp³-hybridized carbons (Fsp3) is 0.538. The van der Waals surface area contributed by atoms with E-state index in [1.54, 1.807) is 6.07 Å². The second kappa shape index (κ2) is 7.43. The SMILES string of the molecule is CNC1CCCN(Cc2c(F)cccc2Br)C1.Cl. The first-order valence-corrected chi connectivity index (χ1v) is 6.82. The van der Waals surface area contributed by atoms with E-state index in [4.69, 9.17) is 0 Å². The number of nitrogens with one attached hydrogen (secondary N) is 1. The van der Waals surface area contributed by atoms with E-state index in [1.807, 2.05) is 13.1 Å². The highest BCUT2D eigenvalue weighted by molar-refractivity contribution is 9.10. The van der Waals surface area contributed by atoms with Crippen molar-refractivity contribution in [3.8, 4) is 0 Å². The van der Waals surface area contributed by atoms with Gasteiger partial charge in [0.25, 0.3) is 0 Å². The topological polar surface area (TPSA) is 15.3 Å². The predicted octanol–water partition coefficient (Wildman–Crippen LogP) is 3.19. The summed E-state index contributed by atoms with van der Waals surface area (Å²) in [5.41, 5.74) is 0.768. The smallest absolute Gasteiger partial charge is 0.128 e. The number of hydrogen-bond donors (Lipinski definition) is 1. The lowest BCUT2D eigenvalue weighted by molar-refractivity contribution is 0.185. The van der Waals surface area contributed by atoms with Crippen LogP contribution in [0.4, 0.5) is 4.39 Å². The molecule has 102 valence electrons. The maximum absolute atomic E-state index is 13.7. The van der Waals surface area contributed by atoms with E-state index in [-0.39, 0.29) is 18.2 Å². The minimum atomic E-state index is -0.119. The van der Waals surface area contributed by atoms with Crippen LogP contribution in [0.25, 0.3) is 0 Å². The lowest BCUT2D eigenvalue weighted by atomic mass is 10.0. The van der Waals surface area contributed by atoms with Crippen molar-refractivity contribution in [2.45, 2.75) is 25.4 Å². The lowest BCUT2D eigenvalue weighted by Crippen LogP contribution is -2.44. The Kier molecular flexibility index (Phi) is 6.57. The first kappa shape index (κ1) is 15.9. The standard InChI is InChI=1S/C13H18BrFN2.ClH/c1-16-10-4-3-7-17(8-10)9-11-12(14)5-2-6-13(11)15;/h2,5-6,10,16H,3-4,7-9H2,1H3;1H. The van der Waals surface area contributed by atoms with Gasteiger partial charge in [-0.1, -0.05) is 22.0 Å². The van der Waals surface area contributed by atoms with Gasteiger partial charge in [0.05, 0.1) is 0 Å². The Balaban J connectivity index is 0.00000162. The maximum atomic E-state index is 13.7. The second-order valence-corrected chi connectivity index (χ2v) is 5.42. The number of likely N-dealkylation sites (N-methyl/N-ethyl adjacent to an activating group) is 1. The summed E-state index contributed by atoms with van der Waals surface area (Å²) in [6.45, 7) is 2.74. The minimum Gasteiger partial charge on any atom is -0.316 e. The molecule has 1 atom stereocenters. The highest BCUT2D eigenvalue weighted by atomic mass is 79.9. The molecule has 0 bridgehead atoms. The van der Waals surface area contributed by atoms with Crippen molar-refractivity contribution in [2.75, 3.05) is 20.1 Å². The first-order chi connectivity index (χ1) is 8.20. The van der Waals surface area contributed by atoms with E-state index in [0.717, 1.165) is 23.1 Å².